The fraction of sp³-hybridized carbons (Fsp3) is 0.133. The highest BCUT2D eigenvalue weighted by Gasteiger charge is 2.12. The van der Waals surface area contributed by atoms with E-state index in [0.29, 0.717) is 5.56 Å². The number of aromatic nitrogens is 3. The summed E-state index contributed by atoms with van der Waals surface area (Å²) in [7, 11) is 0. The first-order valence-corrected chi connectivity index (χ1v) is 6.70. The minimum absolute atomic E-state index is 0.0421. The van der Waals surface area contributed by atoms with Crippen LogP contribution in [0.25, 0.3) is 22.3 Å². The summed E-state index contributed by atoms with van der Waals surface area (Å²) in [5.41, 5.74) is -0.390. The lowest BCUT2D eigenvalue weighted by atomic mass is 10.2. The molecule has 0 aliphatic carbocycles. The molecule has 0 aliphatic heterocycles. The molecule has 3 rings (SSSR count). The highest BCUT2D eigenvalue weighted by atomic mass is 19.3. The number of benzene rings is 1. The van der Waals surface area contributed by atoms with Crippen LogP contribution in [0.4, 0.5) is 17.6 Å². The summed E-state index contributed by atoms with van der Waals surface area (Å²) in [6.07, 6.45) is -1.38. The van der Waals surface area contributed by atoms with Crippen molar-refractivity contribution in [3.05, 3.63) is 52.5 Å². The van der Waals surface area contributed by atoms with Crippen LogP contribution in [0.3, 0.4) is 0 Å². The van der Waals surface area contributed by atoms with Crippen molar-refractivity contribution in [1.82, 2.24) is 15.0 Å². The van der Waals surface area contributed by atoms with E-state index in [0.717, 1.165) is 12.1 Å². The van der Waals surface area contributed by atoms with Gasteiger partial charge < -0.3 is 9.72 Å². The number of pyridine rings is 1. The van der Waals surface area contributed by atoms with Gasteiger partial charge in [0.1, 0.15) is 5.82 Å². The summed E-state index contributed by atoms with van der Waals surface area (Å²) in [5.74, 6) is -2.33. The number of fused-ring (bicyclic) bond motifs is 1. The van der Waals surface area contributed by atoms with Crippen LogP contribution >= 0.6 is 0 Å². The van der Waals surface area contributed by atoms with Crippen molar-refractivity contribution in [1.29, 1.82) is 0 Å². The average molecular weight is 339 g/mol. The second-order valence-corrected chi connectivity index (χ2v) is 4.78. The van der Waals surface area contributed by atoms with Crippen molar-refractivity contribution < 1.29 is 22.3 Å². The van der Waals surface area contributed by atoms with Gasteiger partial charge >= 0.3 is 0 Å². The van der Waals surface area contributed by atoms with Crippen LogP contribution in [0.2, 0.25) is 0 Å². The maximum Gasteiger partial charge on any atom is 0.272 e. The Labute approximate surface area is 131 Å². The van der Waals surface area contributed by atoms with E-state index in [1.807, 2.05) is 0 Å². The summed E-state index contributed by atoms with van der Waals surface area (Å²) in [6.45, 7) is -0.831. The molecular formula is C15H9F4N3O2. The normalized spacial score (nSPS) is 11.2. The van der Waals surface area contributed by atoms with Crippen molar-refractivity contribution in [2.24, 2.45) is 0 Å². The molecule has 1 N–H and O–H groups in total. The molecule has 2 heterocycles. The van der Waals surface area contributed by atoms with Gasteiger partial charge in [0.25, 0.3) is 12.0 Å². The molecule has 0 saturated heterocycles. The molecule has 124 valence electrons. The minimum atomic E-state index is -2.66. The monoisotopic (exact) mass is 339 g/mol. The van der Waals surface area contributed by atoms with Gasteiger partial charge in [-0.2, -0.15) is 0 Å². The Bertz CT molecular complexity index is 959. The molecule has 0 bridgehead atoms. The van der Waals surface area contributed by atoms with Gasteiger partial charge in [0.2, 0.25) is 5.88 Å². The molecule has 9 heteroatoms. The van der Waals surface area contributed by atoms with Crippen LogP contribution in [-0.4, -0.2) is 28.0 Å². The van der Waals surface area contributed by atoms with Crippen molar-refractivity contribution in [3.8, 4) is 17.3 Å². The predicted octanol–water partition coefficient (Wildman–Crippen LogP) is 2.91. The molecule has 0 amide bonds. The van der Waals surface area contributed by atoms with Gasteiger partial charge in [0.05, 0.1) is 10.9 Å². The number of rotatable bonds is 4. The number of hydrogen-bond donors (Lipinski definition) is 1. The molecule has 2 aromatic heterocycles. The van der Waals surface area contributed by atoms with Crippen LogP contribution in [0.5, 0.6) is 5.88 Å². The number of ether oxygens (including phenoxy) is 1. The molecule has 0 unspecified atom stereocenters. The second kappa shape index (κ2) is 6.26. The molecule has 0 atom stereocenters. The summed E-state index contributed by atoms with van der Waals surface area (Å²) in [5, 5.41) is -0.110. The van der Waals surface area contributed by atoms with Gasteiger partial charge in [-0.15, -0.1) is 0 Å². The number of aromatic amines is 1. The highest BCUT2D eigenvalue weighted by Crippen LogP contribution is 2.21. The number of nitrogens with one attached hydrogen (secondary N) is 1. The molecule has 24 heavy (non-hydrogen) atoms. The number of halogens is 4. The fourth-order valence-corrected chi connectivity index (χ4v) is 2.05. The van der Waals surface area contributed by atoms with E-state index in [9.17, 15) is 22.4 Å². The zero-order chi connectivity index (χ0) is 17.3. The lowest BCUT2D eigenvalue weighted by Crippen LogP contribution is -2.11. The molecule has 3 aromatic rings. The number of hydrogen-bond acceptors (Lipinski definition) is 4. The first-order chi connectivity index (χ1) is 11.4. The van der Waals surface area contributed by atoms with Crippen LogP contribution in [0, 0.1) is 11.6 Å². The first-order valence-electron chi connectivity index (χ1n) is 6.70. The molecule has 0 aliphatic rings. The largest absolute Gasteiger partial charge is 0.472 e. The third-order valence-electron chi connectivity index (χ3n) is 3.11. The van der Waals surface area contributed by atoms with E-state index in [2.05, 4.69) is 15.0 Å². The molecule has 0 saturated carbocycles. The molecule has 0 spiro atoms. The third kappa shape index (κ3) is 3.19. The summed E-state index contributed by atoms with van der Waals surface area (Å²) >= 11 is 0. The summed E-state index contributed by atoms with van der Waals surface area (Å²) in [4.78, 5) is 22.2. The first kappa shape index (κ1) is 15.9. The predicted molar refractivity (Wildman–Crippen MR) is 77.0 cm³/mol. The van der Waals surface area contributed by atoms with E-state index < -0.39 is 30.2 Å². The maximum absolute atomic E-state index is 13.3. The van der Waals surface area contributed by atoms with Gasteiger partial charge in [-0.3, -0.25) is 4.79 Å². The lowest BCUT2D eigenvalue weighted by Gasteiger charge is -2.07. The van der Waals surface area contributed by atoms with E-state index in [4.69, 9.17) is 4.74 Å². The number of nitrogens with zero attached hydrogens (tertiary/aromatic N) is 2. The Morgan fingerprint density at radius 2 is 1.92 bits per heavy atom. The van der Waals surface area contributed by atoms with Crippen LogP contribution in [0.15, 0.2) is 35.3 Å². The van der Waals surface area contributed by atoms with E-state index in [-0.39, 0.29) is 22.6 Å². The van der Waals surface area contributed by atoms with E-state index in [1.54, 1.807) is 0 Å². The molecule has 5 nitrogen and oxygen atoms in total. The molecule has 0 fully saturated rings. The Kier molecular flexibility index (Phi) is 4.15. The second-order valence-electron chi connectivity index (χ2n) is 4.78. The average Bonchev–Trinajstić information content (AvgIpc) is 2.55. The lowest BCUT2D eigenvalue weighted by molar-refractivity contribution is 0.0796. The van der Waals surface area contributed by atoms with Crippen molar-refractivity contribution >= 4 is 10.9 Å². The maximum atomic E-state index is 13.3. The highest BCUT2D eigenvalue weighted by molar-refractivity contribution is 5.79. The molecule has 1 aromatic carbocycles. The van der Waals surface area contributed by atoms with Crippen LogP contribution in [0.1, 0.15) is 0 Å². The summed E-state index contributed by atoms with van der Waals surface area (Å²) in [6, 6.07) is 4.31. The van der Waals surface area contributed by atoms with Crippen LogP contribution in [-0.2, 0) is 0 Å². The van der Waals surface area contributed by atoms with Gasteiger partial charge in [-0.25, -0.2) is 27.5 Å². The standard InChI is InChI=1S/C15H9F4N3O2/c16-9-4-8-11(5-10(9)17)21-14(22-15(8)23)7-1-2-20-13(3-7)24-6-12(18)19/h1-5,12H,6H2,(H,21,22,23). The van der Waals surface area contributed by atoms with Gasteiger partial charge in [-0.05, 0) is 12.1 Å². The van der Waals surface area contributed by atoms with Crippen molar-refractivity contribution in [3.63, 3.8) is 0 Å². The van der Waals surface area contributed by atoms with Gasteiger partial charge in [0.15, 0.2) is 18.2 Å². The smallest absolute Gasteiger partial charge is 0.272 e. The molecular weight excluding hydrogens is 330 g/mol. The number of alkyl halides is 2. The quantitative estimate of drug-likeness (QED) is 0.742. The Morgan fingerprint density at radius 3 is 2.67 bits per heavy atom. The van der Waals surface area contributed by atoms with Crippen LogP contribution < -0.4 is 10.3 Å². The third-order valence-corrected chi connectivity index (χ3v) is 3.11. The SMILES string of the molecule is O=c1[nH]c(-c2ccnc(OCC(F)F)c2)nc2cc(F)c(F)cc12. The Hall–Kier alpha value is -2.97. The van der Waals surface area contributed by atoms with Crippen molar-refractivity contribution in [2.75, 3.05) is 6.61 Å². The fourth-order valence-electron chi connectivity index (χ4n) is 2.05. The topological polar surface area (TPSA) is 67.9 Å². The Balaban J connectivity index is 2.05. The van der Waals surface area contributed by atoms with E-state index in [1.165, 1.54) is 18.3 Å². The van der Waals surface area contributed by atoms with Crippen molar-refractivity contribution in [2.45, 2.75) is 6.43 Å². The van der Waals surface area contributed by atoms with E-state index >= 15 is 0 Å². The molecule has 0 radical (unpaired) electrons. The minimum Gasteiger partial charge on any atom is -0.472 e. The zero-order valence-electron chi connectivity index (χ0n) is 11.9. The Morgan fingerprint density at radius 1 is 1.17 bits per heavy atom. The summed E-state index contributed by atoms with van der Waals surface area (Å²) < 4.78 is 55.7. The zero-order valence-corrected chi connectivity index (χ0v) is 11.9. The number of H-pyrrole nitrogens is 1. The van der Waals surface area contributed by atoms with Gasteiger partial charge in [0, 0.05) is 23.9 Å². The van der Waals surface area contributed by atoms with Gasteiger partial charge in [-0.1, -0.05) is 0 Å².